The van der Waals surface area contributed by atoms with Crippen LogP contribution in [0.1, 0.15) is 6.92 Å². The molecule has 0 aliphatic rings. The molecule has 0 amide bonds. The van der Waals surface area contributed by atoms with Crippen molar-refractivity contribution in [3.63, 3.8) is 0 Å². The first-order chi connectivity index (χ1) is 7.69. The molecule has 1 rings (SSSR count). The van der Waals surface area contributed by atoms with Gasteiger partial charge in [-0.1, -0.05) is 0 Å². The molecule has 0 aliphatic heterocycles. The molecule has 0 N–H and O–H groups in total. The van der Waals surface area contributed by atoms with E-state index < -0.39 is 4.92 Å². The fraction of sp³-hybridized carbons (Fsp3) is 0.300. The highest BCUT2D eigenvalue weighted by molar-refractivity contribution is 5.48. The lowest BCUT2D eigenvalue weighted by atomic mass is 10.3. The second-order valence-electron chi connectivity index (χ2n) is 2.79. The van der Waals surface area contributed by atoms with E-state index in [4.69, 9.17) is 14.2 Å². The van der Waals surface area contributed by atoms with Crippen LogP contribution in [-0.4, -0.2) is 18.8 Å². The van der Waals surface area contributed by atoms with E-state index in [0.717, 1.165) is 0 Å². The lowest BCUT2D eigenvalue weighted by molar-refractivity contribution is -0.384. The minimum atomic E-state index is -0.497. The number of nitro groups is 1. The summed E-state index contributed by atoms with van der Waals surface area (Å²) in [5.41, 5.74) is -0.0541. The van der Waals surface area contributed by atoms with Crippen molar-refractivity contribution in [2.45, 2.75) is 6.92 Å². The first-order valence-electron chi connectivity index (χ1n) is 4.53. The van der Waals surface area contributed by atoms with Gasteiger partial charge < -0.3 is 14.2 Å². The van der Waals surface area contributed by atoms with Gasteiger partial charge in [-0.15, -0.1) is 0 Å². The standard InChI is InChI=1S/C10H12NO5/c1-3-15-10-6-8(11(12)13)4-5-9(10)16-7-14-2/h3-6H,7H2,1-2H3. The highest BCUT2D eigenvalue weighted by Gasteiger charge is 2.12. The first-order valence-corrected chi connectivity index (χ1v) is 4.53. The van der Waals surface area contributed by atoms with Gasteiger partial charge in [0.25, 0.3) is 5.69 Å². The van der Waals surface area contributed by atoms with E-state index in [1.165, 1.54) is 31.9 Å². The zero-order chi connectivity index (χ0) is 12.0. The van der Waals surface area contributed by atoms with Gasteiger partial charge in [-0.2, -0.15) is 0 Å². The molecule has 16 heavy (non-hydrogen) atoms. The van der Waals surface area contributed by atoms with Crippen molar-refractivity contribution in [1.82, 2.24) is 0 Å². The maximum Gasteiger partial charge on any atom is 0.273 e. The van der Waals surface area contributed by atoms with Gasteiger partial charge in [-0.3, -0.25) is 10.1 Å². The van der Waals surface area contributed by atoms with Crippen LogP contribution < -0.4 is 9.47 Å². The Hall–Kier alpha value is -1.82. The van der Waals surface area contributed by atoms with Gasteiger partial charge in [0.2, 0.25) is 0 Å². The van der Waals surface area contributed by atoms with Crippen LogP contribution in [0.3, 0.4) is 0 Å². The molecular weight excluding hydrogens is 214 g/mol. The van der Waals surface area contributed by atoms with Crippen molar-refractivity contribution in [1.29, 1.82) is 0 Å². The number of nitro benzene ring substituents is 1. The van der Waals surface area contributed by atoms with Gasteiger partial charge in [0.15, 0.2) is 18.3 Å². The average molecular weight is 226 g/mol. The Morgan fingerprint density at radius 1 is 1.44 bits per heavy atom. The van der Waals surface area contributed by atoms with Gasteiger partial charge in [-0.25, -0.2) is 0 Å². The van der Waals surface area contributed by atoms with Gasteiger partial charge >= 0.3 is 0 Å². The summed E-state index contributed by atoms with van der Waals surface area (Å²) in [5.74, 6) is 0.680. The maximum absolute atomic E-state index is 10.6. The summed E-state index contributed by atoms with van der Waals surface area (Å²) in [7, 11) is 1.48. The summed E-state index contributed by atoms with van der Waals surface area (Å²) in [6, 6.07) is 4.11. The third kappa shape index (κ3) is 3.09. The molecule has 0 saturated heterocycles. The molecule has 1 radical (unpaired) electrons. The zero-order valence-corrected chi connectivity index (χ0v) is 9.00. The quantitative estimate of drug-likeness (QED) is 0.422. The maximum atomic E-state index is 10.6. The molecule has 0 aromatic heterocycles. The molecule has 1 aromatic carbocycles. The monoisotopic (exact) mass is 226 g/mol. The fourth-order valence-electron chi connectivity index (χ4n) is 1.07. The number of hydrogen-bond acceptors (Lipinski definition) is 5. The largest absolute Gasteiger partial charge is 0.483 e. The number of nitrogens with zero attached hydrogens (tertiary/aromatic N) is 1. The molecule has 6 heteroatoms. The predicted molar refractivity (Wildman–Crippen MR) is 56.2 cm³/mol. The molecule has 0 unspecified atom stereocenters. The first kappa shape index (κ1) is 12.3. The number of rotatable bonds is 6. The highest BCUT2D eigenvalue weighted by Crippen LogP contribution is 2.31. The van der Waals surface area contributed by atoms with Crippen LogP contribution in [0.2, 0.25) is 0 Å². The van der Waals surface area contributed by atoms with E-state index in [1.54, 1.807) is 6.92 Å². The molecular formula is C10H12NO5. The Labute approximate surface area is 92.9 Å². The van der Waals surface area contributed by atoms with Crippen LogP contribution in [0.25, 0.3) is 0 Å². The Kier molecular flexibility index (Phi) is 4.53. The van der Waals surface area contributed by atoms with Crippen molar-refractivity contribution in [3.8, 4) is 11.5 Å². The number of methoxy groups -OCH3 is 1. The Balaban J connectivity index is 2.94. The fourth-order valence-corrected chi connectivity index (χ4v) is 1.07. The molecule has 0 aliphatic carbocycles. The van der Waals surface area contributed by atoms with Gasteiger partial charge in [0.05, 0.1) is 11.0 Å². The van der Waals surface area contributed by atoms with Crippen molar-refractivity contribution in [2.24, 2.45) is 0 Å². The van der Waals surface area contributed by atoms with Crippen molar-refractivity contribution >= 4 is 5.69 Å². The average Bonchev–Trinajstić information content (AvgIpc) is 2.27. The zero-order valence-electron chi connectivity index (χ0n) is 9.00. The minimum Gasteiger partial charge on any atom is -0.483 e. The van der Waals surface area contributed by atoms with Crippen LogP contribution >= 0.6 is 0 Å². The molecule has 0 heterocycles. The smallest absolute Gasteiger partial charge is 0.273 e. The number of ether oxygens (including phenoxy) is 3. The van der Waals surface area contributed by atoms with Crippen LogP contribution in [0.15, 0.2) is 18.2 Å². The van der Waals surface area contributed by atoms with Crippen LogP contribution in [0.5, 0.6) is 11.5 Å². The van der Waals surface area contributed by atoms with E-state index in [2.05, 4.69) is 0 Å². The molecule has 0 atom stereocenters. The summed E-state index contributed by atoms with van der Waals surface area (Å²) in [6.07, 6.45) is 0. The minimum absolute atomic E-state index is 0.0535. The summed E-state index contributed by atoms with van der Waals surface area (Å²) < 4.78 is 15.0. The molecule has 6 nitrogen and oxygen atoms in total. The third-order valence-electron chi connectivity index (χ3n) is 1.72. The topological polar surface area (TPSA) is 70.8 Å². The van der Waals surface area contributed by atoms with Crippen molar-refractivity contribution in [3.05, 3.63) is 34.9 Å². The summed E-state index contributed by atoms with van der Waals surface area (Å²) in [4.78, 5) is 10.1. The number of hydrogen-bond donors (Lipinski definition) is 0. The SMILES string of the molecule is C[CH]Oc1cc([N+](=O)[O-])ccc1OCOC. The molecule has 1 aromatic rings. The second kappa shape index (κ2) is 5.92. The van der Waals surface area contributed by atoms with E-state index >= 15 is 0 Å². The molecule has 0 fully saturated rings. The summed E-state index contributed by atoms with van der Waals surface area (Å²) >= 11 is 0. The number of benzene rings is 1. The van der Waals surface area contributed by atoms with E-state index in [9.17, 15) is 10.1 Å². The lowest BCUT2D eigenvalue weighted by Crippen LogP contribution is -2.01. The van der Waals surface area contributed by atoms with Crippen LogP contribution in [0.4, 0.5) is 5.69 Å². The van der Waals surface area contributed by atoms with Gasteiger partial charge in [0.1, 0.15) is 6.61 Å². The Bertz CT molecular complexity index is 366. The highest BCUT2D eigenvalue weighted by atomic mass is 16.7. The Morgan fingerprint density at radius 3 is 2.75 bits per heavy atom. The number of non-ortho nitro benzene ring substituents is 1. The van der Waals surface area contributed by atoms with E-state index in [-0.39, 0.29) is 18.2 Å². The molecule has 0 saturated carbocycles. The van der Waals surface area contributed by atoms with Crippen LogP contribution in [0, 0.1) is 16.7 Å². The Morgan fingerprint density at radius 2 is 2.19 bits per heavy atom. The van der Waals surface area contributed by atoms with Crippen molar-refractivity contribution < 1.29 is 19.1 Å². The van der Waals surface area contributed by atoms with Gasteiger partial charge in [-0.05, 0) is 13.0 Å². The second-order valence-corrected chi connectivity index (χ2v) is 2.79. The predicted octanol–water partition coefficient (Wildman–Crippen LogP) is 2.14. The summed E-state index contributed by atoms with van der Waals surface area (Å²) in [5, 5.41) is 10.6. The van der Waals surface area contributed by atoms with E-state index in [0.29, 0.717) is 5.75 Å². The van der Waals surface area contributed by atoms with E-state index in [1.807, 2.05) is 0 Å². The van der Waals surface area contributed by atoms with Gasteiger partial charge in [0, 0.05) is 13.2 Å². The molecule has 87 valence electrons. The lowest BCUT2D eigenvalue weighted by Gasteiger charge is -2.10. The molecule has 0 bridgehead atoms. The third-order valence-corrected chi connectivity index (χ3v) is 1.72. The van der Waals surface area contributed by atoms with Crippen LogP contribution in [-0.2, 0) is 4.74 Å². The summed E-state index contributed by atoms with van der Waals surface area (Å²) in [6.45, 7) is 3.13. The normalized spacial score (nSPS) is 9.88. The van der Waals surface area contributed by atoms with Crippen molar-refractivity contribution in [2.75, 3.05) is 13.9 Å². The molecule has 0 spiro atoms.